The summed E-state index contributed by atoms with van der Waals surface area (Å²) < 4.78 is 10.6. The summed E-state index contributed by atoms with van der Waals surface area (Å²) in [4.78, 5) is 26.6. The molecule has 1 aliphatic carbocycles. The lowest BCUT2D eigenvalue weighted by atomic mass is 9.85. The van der Waals surface area contributed by atoms with Crippen LogP contribution < -0.4 is 20.3 Å². The zero-order valence-electron chi connectivity index (χ0n) is 32.2. The van der Waals surface area contributed by atoms with Gasteiger partial charge in [-0.2, -0.15) is 5.10 Å². The van der Waals surface area contributed by atoms with E-state index in [2.05, 4.69) is 107 Å². The molecule has 13 heteroatoms. The number of hydrogen-bond acceptors (Lipinski definition) is 8. The number of benzene rings is 2. The molecule has 0 spiro atoms. The van der Waals surface area contributed by atoms with Gasteiger partial charge in [0.05, 0.1) is 23.6 Å². The van der Waals surface area contributed by atoms with Crippen LogP contribution in [0.15, 0.2) is 72.9 Å². The number of hydrogen-bond donors (Lipinski definition) is 3. The number of anilines is 2. The average Bonchev–Trinajstić information content (AvgIpc) is 3.77. The maximum atomic E-state index is 13.7. The van der Waals surface area contributed by atoms with Gasteiger partial charge in [-0.25, -0.2) is 9.48 Å². The Morgan fingerprint density at radius 2 is 1.78 bits per heavy atom. The number of nitrogens with zero attached hydrogens (tertiary/aromatic N) is 7. The van der Waals surface area contributed by atoms with E-state index in [0.717, 1.165) is 85.0 Å². The Hall–Kier alpha value is -5.43. The number of aromatic nitrogens is 5. The smallest absolute Gasteiger partial charge is 0.320 e. The normalized spacial score (nSPS) is 18.4. The van der Waals surface area contributed by atoms with E-state index >= 15 is 0 Å². The summed E-state index contributed by atoms with van der Waals surface area (Å²) in [6.45, 7) is 10.3. The molecule has 2 amide bonds. The number of fused-ring (bicyclic) bond motifs is 2. The van der Waals surface area contributed by atoms with Crippen LogP contribution in [0, 0.1) is 0 Å². The Balaban J connectivity index is 0.00000160. The molecule has 286 valence electrons. The van der Waals surface area contributed by atoms with Crippen molar-refractivity contribution in [1.29, 1.82) is 0 Å². The van der Waals surface area contributed by atoms with Crippen LogP contribution in [0.25, 0.3) is 11.3 Å². The first-order chi connectivity index (χ1) is 25.9. The second-order valence-corrected chi connectivity index (χ2v) is 15.5. The molecule has 1 fully saturated rings. The summed E-state index contributed by atoms with van der Waals surface area (Å²) in [6.07, 6.45) is 7.85. The number of pyridine rings is 1. The van der Waals surface area contributed by atoms with E-state index in [1.807, 2.05) is 47.3 Å². The molecule has 0 radical (unpaired) electrons. The number of carbonyl (C=O) groups excluding carboxylic acids is 1. The highest BCUT2D eigenvalue weighted by Gasteiger charge is 2.31. The molecule has 3 aromatic heterocycles. The van der Waals surface area contributed by atoms with Gasteiger partial charge >= 0.3 is 6.03 Å². The average molecular weight is 736 g/mol. The zero-order valence-corrected chi connectivity index (χ0v) is 32.2. The van der Waals surface area contributed by atoms with Crippen molar-refractivity contribution >= 4 is 29.9 Å². The van der Waals surface area contributed by atoms with E-state index in [9.17, 15) is 4.79 Å². The van der Waals surface area contributed by atoms with Gasteiger partial charge in [0.15, 0.2) is 5.65 Å². The molecule has 0 saturated carbocycles. The first-order valence-corrected chi connectivity index (χ1v) is 18.8. The number of nitrogens with one attached hydrogen (secondary N) is 2. The summed E-state index contributed by atoms with van der Waals surface area (Å²) in [5, 5.41) is 27.2. The fraction of sp³-hybridized carbons (Fsp3) is 0.439. The van der Waals surface area contributed by atoms with Crippen LogP contribution in [-0.4, -0.2) is 80.1 Å². The molecule has 1 saturated heterocycles. The summed E-state index contributed by atoms with van der Waals surface area (Å²) in [5.41, 5.74) is 5.81. The van der Waals surface area contributed by atoms with Crippen LogP contribution in [0.3, 0.4) is 0 Å². The van der Waals surface area contributed by atoms with Gasteiger partial charge in [-0.05, 0) is 100 Å². The van der Waals surface area contributed by atoms with Crippen molar-refractivity contribution in [2.45, 2.75) is 89.8 Å². The predicted octanol–water partition coefficient (Wildman–Crippen LogP) is 7.17. The van der Waals surface area contributed by atoms with E-state index in [-0.39, 0.29) is 30.1 Å². The third-order valence-corrected chi connectivity index (χ3v) is 10.2. The molecule has 3 N–H and O–H groups in total. The zero-order chi connectivity index (χ0) is 38.4. The molecular weight excluding hydrogens is 683 g/mol. The number of carboxylic acid groups (broad SMARTS) is 1. The van der Waals surface area contributed by atoms with Crippen molar-refractivity contribution in [3.8, 4) is 11.4 Å². The Bertz CT molecular complexity index is 2050. The van der Waals surface area contributed by atoms with E-state index < -0.39 is 0 Å². The first kappa shape index (κ1) is 38.3. The van der Waals surface area contributed by atoms with E-state index in [1.54, 1.807) is 0 Å². The molecule has 5 aromatic rings. The highest BCUT2D eigenvalue weighted by atomic mass is 16.5. The van der Waals surface area contributed by atoms with E-state index in [1.165, 1.54) is 12.0 Å². The van der Waals surface area contributed by atoms with E-state index in [4.69, 9.17) is 19.7 Å². The van der Waals surface area contributed by atoms with Crippen LogP contribution >= 0.6 is 0 Å². The second kappa shape index (κ2) is 16.7. The Morgan fingerprint density at radius 1 is 1.00 bits per heavy atom. The maximum Gasteiger partial charge on any atom is 0.320 e. The number of rotatable bonds is 9. The van der Waals surface area contributed by atoms with Crippen LogP contribution in [0.5, 0.6) is 5.75 Å². The number of carbonyl (C=O) groups is 2. The van der Waals surface area contributed by atoms with Crippen molar-refractivity contribution in [3.63, 3.8) is 0 Å². The van der Waals surface area contributed by atoms with Crippen LogP contribution in [0.4, 0.5) is 16.6 Å². The third-order valence-electron chi connectivity index (χ3n) is 10.2. The molecule has 0 unspecified atom stereocenters. The maximum absolute atomic E-state index is 13.7. The SMILES string of the molecule is C[C@H]1CCCCN1c1nnc2ccc(O[C@@H]3CC[C@H](NC(=O)Nc4cc(C(C)(C)C)nn4-c4cccc(CCN(C)C)c4)c4ccccc43)cn12.O=CO. The molecule has 1 aliphatic heterocycles. The summed E-state index contributed by atoms with van der Waals surface area (Å²) in [5.74, 6) is 2.27. The number of likely N-dealkylation sites (N-methyl/N-ethyl adjacent to an activating group) is 1. The molecule has 0 bridgehead atoms. The quantitative estimate of drug-likeness (QED) is 0.134. The number of piperidine rings is 1. The van der Waals surface area contributed by atoms with Gasteiger partial charge in [-0.3, -0.25) is 14.5 Å². The summed E-state index contributed by atoms with van der Waals surface area (Å²) in [7, 11) is 4.16. The van der Waals surface area contributed by atoms with E-state index in [0.29, 0.717) is 11.9 Å². The summed E-state index contributed by atoms with van der Waals surface area (Å²) >= 11 is 0. The van der Waals surface area contributed by atoms with Crippen LogP contribution in [-0.2, 0) is 16.6 Å². The van der Waals surface area contributed by atoms with Gasteiger partial charge in [0.25, 0.3) is 6.47 Å². The van der Waals surface area contributed by atoms with Crippen LogP contribution in [0.1, 0.15) is 94.3 Å². The van der Waals surface area contributed by atoms with Crippen LogP contribution in [0.2, 0.25) is 0 Å². The minimum absolute atomic E-state index is 0.149. The highest BCUT2D eigenvalue weighted by molar-refractivity contribution is 5.89. The molecular formula is C41H53N9O4. The van der Waals surface area contributed by atoms with Crippen molar-refractivity contribution in [1.82, 2.24) is 34.6 Å². The minimum Gasteiger partial charge on any atom is -0.484 e. The second-order valence-electron chi connectivity index (χ2n) is 15.5. The molecule has 54 heavy (non-hydrogen) atoms. The third kappa shape index (κ3) is 8.84. The largest absolute Gasteiger partial charge is 0.484 e. The van der Waals surface area contributed by atoms with Crippen molar-refractivity contribution < 1.29 is 19.4 Å². The summed E-state index contributed by atoms with van der Waals surface area (Å²) in [6, 6.07) is 22.6. The van der Waals surface area contributed by atoms with Gasteiger partial charge < -0.3 is 25.0 Å². The fourth-order valence-electron chi connectivity index (χ4n) is 7.25. The first-order valence-electron chi connectivity index (χ1n) is 18.8. The monoisotopic (exact) mass is 735 g/mol. The van der Waals surface area contributed by atoms with Crippen molar-refractivity contribution in [2.75, 3.05) is 37.4 Å². The number of amides is 2. The minimum atomic E-state index is -0.267. The Morgan fingerprint density at radius 3 is 2.52 bits per heavy atom. The molecule has 2 aliphatic rings. The van der Waals surface area contributed by atoms with Crippen molar-refractivity contribution in [3.05, 3.63) is 95.3 Å². The van der Waals surface area contributed by atoms with Gasteiger partial charge in [0.1, 0.15) is 17.7 Å². The Labute approximate surface area is 317 Å². The van der Waals surface area contributed by atoms with Gasteiger partial charge in [-0.15, -0.1) is 10.2 Å². The standard InChI is InChI=1S/C40H51N9O2.CH2O2/c1-27-12-9-10-22-47(27)39-44-43-36-20-17-30(26-48(36)39)51-34-19-18-33(31-15-7-8-16-32(31)34)41-38(50)42-37-25-35(40(2,3)4)45-49(37)29-14-11-13-28(24-29)21-23-46(5)6;2-1-3/h7-8,11,13-17,20,24-27,33-34H,9-10,12,18-19,21-23H2,1-6H3,(H2,41,42,50);1H,(H,2,3)/t27-,33-,34+;/m0./s1. The van der Waals surface area contributed by atoms with Gasteiger partial charge in [0.2, 0.25) is 5.95 Å². The topological polar surface area (TPSA) is 142 Å². The van der Waals surface area contributed by atoms with Gasteiger partial charge in [-0.1, -0.05) is 57.2 Å². The lowest BCUT2D eigenvalue weighted by Gasteiger charge is -2.33. The lowest BCUT2D eigenvalue weighted by molar-refractivity contribution is -0.122. The lowest BCUT2D eigenvalue weighted by Crippen LogP contribution is -2.38. The molecule has 13 nitrogen and oxygen atoms in total. The Kier molecular flexibility index (Phi) is 11.9. The van der Waals surface area contributed by atoms with Crippen molar-refractivity contribution in [2.24, 2.45) is 0 Å². The predicted molar refractivity (Wildman–Crippen MR) is 211 cm³/mol. The number of urea groups is 1. The molecule has 7 rings (SSSR count). The molecule has 3 atom stereocenters. The highest BCUT2D eigenvalue weighted by Crippen LogP contribution is 2.39. The molecule has 4 heterocycles. The molecule has 2 aromatic carbocycles. The fourth-order valence-corrected chi connectivity index (χ4v) is 7.25. The number of ether oxygens (including phenoxy) is 1. The van der Waals surface area contributed by atoms with Gasteiger partial charge in [0, 0.05) is 30.6 Å².